The number of aliphatic hydroxyl groups is 1. The first-order valence-electron chi connectivity index (χ1n) is 3.04. The summed E-state index contributed by atoms with van der Waals surface area (Å²) >= 11 is 0. The lowest BCUT2D eigenvalue weighted by molar-refractivity contribution is -0.116. The zero-order valence-corrected chi connectivity index (χ0v) is 6.14. The van der Waals surface area contributed by atoms with Crippen molar-refractivity contribution in [3.05, 3.63) is 0 Å². The molecule has 2 N–H and O–H groups in total. The van der Waals surface area contributed by atoms with Crippen LogP contribution in [0, 0.1) is 12.0 Å². The Bertz CT molecular complexity index is 166. The molecule has 0 aromatic carbocycles. The number of Topliss-reactive ketones (excluding diaryl/α,β-unsaturated/α-hetero) is 1. The average molecular weight is 141 g/mol. The number of aliphatic hydroxyl groups excluding tert-OH is 1. The van der Waals surface area contributed by atoms with Crippen molar-refractivity contribution >= 4 is 5.78 Å². The van der Waals surface area contributed by atoms with E-state index in [0.29, 0.717) is 6.54 Å². The number of ketones is 1. The van der Waals surface area contributed by atoms with Gasteiger partial charge in [0, 0.05) is 0 Å². The maximum absolute atomic E-state index is 10.4. The summed E-state index contributed by atoms with van der Waals surface area (Å²) < 4.78 is 0. The third-order valence-corrected chi connectivity index (χ3v) is 0.938. The van der Waals surface area contributed by atoms with Crippen LogP contribution < -0.4 is 5.32 Å². The first-order chi connectivity index (χ1) is 4.66. The molecule has 0 spiro atoms. The molecule has 0 heterocycles. The monoisotopic (exact) mass is 141 g/mol. The zero-order valence-electron chi connectivity index (χ0n) is 6.14. The Kier molecular flexibility index (Phi) is 4.34. The van der Waals surface area contributed by atoms with E-state index in [0.717, 1.165) is 0 Å². The minimum absolute atomic E-state index is 0.0617. The van der Waals surface area contributed by atoms with E-state index in [-0.39, 0.29) is 11.8 Å². The van der Waals surface area contributed by atoms with Gasteiger partial charge < -0.3 is 5.11 Å². The summed E-state index contributed by atoms with van der Waals surface area (Å²) in [5.74, 6) is 2.50. The van der Waals surface area contributed by atoms with E-state index in [2.05, 4.69) is 11.2 Å². The first-order valence-corrected chi connectivity index (χ1v) is 3.04. The summed E-state index contributed by atoms with van der Waals surface area (Å²) in [6, 6.07) is -0.131. The van der Waals surface area contributed by atoms with Gasteiger partial charge in [-0.3, -0.25) is 10.1 Å². The van der Waals surface area contributed by atoms with Crippen LogP contribution in [0.5, 0.6) is 0 Å². The highest BCUT2D eigenvalue weighted by molar-refractivity contribution is 5.77. The van der Waals surface area contributed by atoms with Crippen LogP contribution in [0.2, 0.25) is 0 Å². The molecule has 1 unspecified atom stereocenters. The maximum atomic E-state index is 10.4. The SMILES string of the molecule is CC(=O)CNC(C)C#CO. The van der Waals surface area contributed by atoms with Crippen LogP contribution in [0.25, 0.3) is 0 Å². The highest BCUT2D eigenvalue weighted by atomic mass is 16.2. The van der Waals surface area contributed by atoms with Gasteiger partial charge in [0.05, 0.1) is 12.6 Å². The van der Waals surface area contributed by atoms with Crippen LogP contribution in [0.3, 0.4) is 0 Å². The number of carbonyl (C=O) groups is 1. The van der Waals surface area contributed by atoms with Gasteiger partial charge in [0.25, 0.3) is 0 Å². The second kappa shape index (κ2) is 4.83. The predicted molar refractivity (Wildman–Crippen MR) is 37.9 cm³/mol. The van der Waals surface area contributed by atoms with E-state index in [1.807, 2.05) is 0 Å². The Morgan fingerprint density at radius 1 is 1.80 bits per heavy atom. The Morgan fingerprint density at radius 3 is 2.80 bits per heavy atom. The zero-order chi connectivity index (χ0) is 7.98. The molecule has 0 bridgehead atoms. The molecular weight excluding hydrogens is 130 g/mol. The van der Waals surface area contributed by atoms with Gasteiger partial charge in [-0.05, 0) is 19.8 Å². The molecule has 0 aromatic heterocycles. The number of rotatable bonds is 3. The summed E-state index contributed by atoms with van der Waals surface area (Å²) in [7, 11) is 0. The van der Waals surface area contributed by atoms with Crippen LogP contribution in [0.1, 0.15) is 13.8 Å². The number of hydrogen-bond donors (Lipinski definition) is 2. The second-order valence-corrected chi connectivity index (χ2v) is 2.06. The Hall–Kier alpha value is -1.01. The lowest BCUT2D eigenvalue weighted by Crippen LogP contribution is -2.29. The number of carbonyl (C=O) groups excluding carboxylic acids is 1. The van der Waals surface area contributed by atoms with Crippen molar-refractivity contribution in [1.29, 1.82) is 0 Å². The van der Waals surface area contributed by atoms with Crippen LogP contribution in [-0.4, -0.2) is 23.5 Å². The van der Waals surface area contributed by atoms with Gasteiger partial charge >= 0.3 is 0 Å². The quantitative estimate of drug-likeness (QED) is 0.539. The topological polar surface area (TPSA) is 49.3 Å². The van der Waals surface area contributed by atoms with Gasteiger partial charge in [0.1, 0.15) is 11.9 Å². The lowest BCUT2D eigenvalue weighted by Gasteiger charge is -2.02. The summed E-state index contributed by atoms with van der Waals surface area (Å²) in [5, 5.41) is 10.9. The van der Waals surface area contributed by atoms with Gasteiger partial charge in [0.2, 0.25) is 0 Å². The fourth-order valence-electron chi connectivity index (χ4n) is 0.445. The maximum Gasteiger partial charge on any atom is 0.143 e. The molecule has 0 aromatic rings. The molecule has 3 nitrogen and oxygen atoms in total. The van der Waals surface area contributed by atoms with Gasteiger partial charge in [-0.25, -0.2) is 0 Å². The smallest absolute Gasteiger partial charge is 0.143 e. The Morgan fingerprint density at radius 2 is 2.40 bits per heavy atom. The van der Waals surface area contributed by atoms with Crippen molar-refractivity contribution in [2.45, 2.75) is 19.9 Å². The molecule has 0 radical (unpaired) electrons. The lowest BCUT2D eigenvalue weighted by atomic mass is 10.3. The molecule has 10 heavy (non-hydrogen) atoms. The molecule has 1 atom stereocenters. The van der Waals surface area contributed by atoms with E-state index in [4.69, 9.17) is 5.11 Å². The Balaban J connectivity index is 3.46. The molecular formula is C7H11NO2. The van der Waals surface area contributed by atoms with Crippen LogP contribution >= 0.6 is 0 Å². The highest BCUT2D eigenvalue weighted by Gasteiger charge is 1.96. The standard InChI is InChI=1S/C7H11NO2/c1-6(3-4-9)8-5-7(2)10/h6,8-9H,5H2,1-2H3. The summed E-state index contributed by atoms with van der Waals surface area (Å²) in [5.41, 5.74) is 0. The Labute approximate surface area is 60.4 Å². The van der Waals surface area contributed by atoms with E-state index in [9.17, 15) is 4.79 Å². The molecule has 0 saturated heterocycles. The largest absolute Gasteiger partial charge is 0.462 e. The molecule has 0 fully saturated rings. The molecule has 0 rings (SSSR count). The second-order valence-electron chi connectivity index (χ2n) is 2.06. The van der Waals surface area contributed by atoms with Crippen molar-refractivity contribution in [3.63, 3.8) is 0 Å². The van der Waals surface area contributed by atoms with Crippen LogP contribution in [-0.2, 0) is 4.79 Å². The average Bonchev–Trinajstić information content (AvgIpc) is 1.85. The van der Waals surface area contributed by atoms with Crippen molar-refractivity contribution < 1.29 is 9.90 Å². The van der Waals surface area contributed by atoms with Crippen molar-refractivity contribution in [3.8, 4) is 12.0 Å². The summed E-state index contributed by atoms with van der Waals surface area (Å²) in [4.78, 5) is 10.4. The minimum atomic E-state index is -0.131. The third-order valence-electron chi connectivity index (χ3n) is 0.938. The molecule has 56 valence electrons. The normalized spacial score (nSPS) is 11.4. The predicted octanol–water partition coefficient (Wildman–Crippen LogP) is -0.113. The first kappa shape index (κ1) is 8.99. The van der Waals surface area contributed by atoms with Crippen molar-refractivity contribution in [2.24, 2.45) is 0 Å². The molecule has 0 amide bonds. The van der Waals surface area contributed by atoms with Crippen molar-refractivity contribution in [2.75, 3.05) is 6.54 Å². The number of hydrogen-bond acceptors (Lipinski definition) is 3. The number of nitrogens with one attached hydrogen (secondary N) is 1. The van der Waals surface area contributed by atoms with Crippen LogP contribution in [0.15, 0.2) is 0 Å². The fraction of sp³-hybridized carbons (Fsp3) is 0.571. The third kappa shape index (κ3) is 5.13. The van der Waals surface area contributed by atoms with E-state index < -0.39 is 0 Å². The molecule has 0 aliphatic heterocycles. The van der Waals surface area contributed by atoms with Crippen LogP contribution in [0.4, 0.5) is 0 Å². The van der Waals surface area contributed by atoms with Gasteiger partial charge in [0.15, 0.2) is 0 Å². The van der Waals surface area contributed by atoms with Gasteiger partial charge in [-0.15, -0.1) is 0 Å². The van der Waals surface area contributed by atoms with Crippen molar-refractivity contribution in [1.82, 2.24) is 5.32 Å². The highest BCUT2D eigenvalue weighted by Crippen LogP contribution is 1.75. The molecule has 3 heteroatoms. The van der Waals surface area contributed by atoms with Gasteiger partial charge in [-0.1, -0.05) is 0 Å². The van der Waals surface area contributed by atoms with E-state index in [1.54, 1.807) is 13.0 Å². The minimum Gasteiger partial charge on any atom is -0.462 e. The van der Waals surface area contributed by atoms with E-state index in [1.165, 1.54) is 6.92 Å². The molecule has 0 saturated carbocycles. The molecule has 0 aliphatic carbocycles. The molecule has 0 aliphatic rings. The summed E-state index contributed by atoms with van der Waals surface area (Å²) in [6.07, 6.45) is 1.77. The summed E-state index contributed by atoms with van der Waals surface area (Å²) in [6.45, 7) is 3.56. The fourth-order valence-corrected chi connectivity index (χ4v) is 0.445. The van der Waals surface area contributed by atoms with E-state index >= 15 is 0 Å². The van der Waals surface area contributed by atoms with Gasteiger partial charge in [-0.2, -0.15) is 0 Å².